The van der Waals surface area contributed by atoms with Crippen LogP contribution in [-0.2, 0) is 6.42 Å². The molecule has 1 atom stereocenters. The number of fused-ring (bicyclic) bond motifs is 2. The first-order valence-electron chi connectivity index (χ1n) is 5.60. The lowest BCUT2D eigenvalue weighted by atomic mass is 9.91. The number of hydrogen-bond acceptors (Lipinski definition) is 3. The molecule has 16 heavy (non-hydrogen) atoms. The summed E-state index contributed by atoms with van der Waals surface area (Å²) in [6.07, 6.45) is 0.751. The van der Waals surface area contributed by atoms with Crippen LogP contribution in [0.5, 0.6) is 5.75 Å². The molecule has 2 heterocycles. The van der Waals surface area contributed by atoms with Gasteiger partial charge in [-0.05, 0) is 18.6 Å². The molecule has 1 saturated heterocycles. The molecule has 1 fully saturated rings. The third-order valence-corrected chi connectivity index (χ3v) is 3.43. The number of nitrogens with zero attached hydrogens (tertiary/aromatic N) is 1. The Morgan fingerprint density at radius 3 is 3.19 bits per heavy atom. The number of benzene rings is 1. The first-order valence-corrected chi connectivity index (χ1v) is 5.60. The van der Waals surface area contributed by atoms with Gasteiger partial charge < -0.3 is 15.3 Å². The van der Waals surface area contributed by atoms with E-state index in [0.29, 0.717) is 5.56 Å². The summed E-state index contributed by atoms with van der Waals surface area (Å²) in [6, 6.07) is 5.38. The first kappa shape index (κ1) is 9.66. The van der Waals surface area contributed by atoms with Crippen LogP contribution in [0.3, 0.4) is 0 Å². The van der Waals surface area contributed by atoms with Crippen molar-refractivity contribution in [3.8, 4) is 5.75 Å². The van der Waals surface area contributed by atoms with Crippen molar-refractivity contribution in [2.24, 2.45) is 0 Å². The zero-order valence-corrected chi connectivity index (χ0v) is 8.94. The van der Waals surface area contributed by atoms with Crippen molar-refractivity contribution in [2.45, 2.75) is 12.5 Å². The van der Waals surface area contributed by atoms with Crippen LogP contribution in [0.15, 0.2) is 18.2 Å². The number of carbonyl (C=O) groups excluding carboxylic acids is 1. The van der Waals surface area contributed by atoms with E-state index >= 15 is 0 Å². The number of carbonyl (C=O) groups is 1. The van der Waals surface area contributed by atoms with E-state index in [2.05, 4.69) is 5.32 Å². The van der Waals surface area contributed by atoms with Crippen LogP contribution in [0.4, 0.5) is 0 Å². The van der Waals surface area contributed by atoms with Gasteiger partial charge in [0.2, 0.25) is 0 Å². The molecule has 2 aliphatic rings. The molecule has 0 unspecified atom stereocenters. The standard InChI is InChI=1S/C12H14N2O2/c15-11-3-1-2-9-10(11)6-8-7-13-4-5-14(8)12(9)16/h1-3,8,13,15H,4-7H2/t8-/m1/s1. The molecule has 0 aromatic heterocycles. The van der Waals surface area contributed by atoms with E-state index in [0.717, 1.165) is 31.6 Å². The highest BCUT2D eigenvalue weighted by molar-refractivity contribution is 5.97. The van der Waals surface area contributed by atoms with Crippen LogP contribution in [0, 0.1) is 0 Å². The van der Waals surface area contributed by atoms with Crippen molar-refractivity contribution < 1.29 is 9.90 Å². The maximum Gasteiger partial charge on any atom is 0.254 e. The molecule has 1 aromatic rings. The normalized spacial score (nSPS) is 23.9. The molecule has 0 aliphatic carbocycles. The Balaban J connectivity index is 2.06. The van der Waals surface area contributed by atoms with Crippen LogP contribution >= 0.6 is 0 Å². The molecule has 0 radical (unpaired) electrons. The minimum absolute atomic E-state index is 0.0589. The van der Waals surface area contributed by atoms with Crippen molar-refractivity contribution in [3.05, 3.63) is 29.3 Å². The zero-order valence-electron chi connectivity index (χ0n) is 8.94. The SMILES string of the molecule is O=C1c2cccc(O)c2C[C@@H]2CNCCN12. The number of rotatable bonds is 0. The van der Waals surface area contributed by atoms with Crippen LogP contribution in [0.25, 0.3) is 0 Å². The maximum atomic E-state index is 12.2. The fourth-order valence-corrected chi connectivity index (χ4v) is 2.59. The van der Waals surface area contributed by atoms with Crippen molar-refractivity contribution in [1.29, 1.82) is 0 Å². The Kier molecular flexibility index (Phi) is 2.11. The predicted molar refractivity (Wildman–Crippen MR) is 59.5 cm³/mol. The van der Waals surface area contributed by atoms with E-state index in [4.69, 9.17) is 0 Å². The molecule has 0 spiro atoms. The van der Waals surface area contributed by atoms with E-state index in [9.17, 15) is 9.90 Å². The number of phenolic OH excluding ortho intramolecular Hbond substituents is 1. The summed E-state index contributed by atoms with van der Waals surface area (Å²) in [7, 11) is 0. The fourth-order valence-electron chi connectivity index (χ4n) is 2.59. The summed E-state index contributed by atoms with van der Waals surface area (Å²) in [6.45, 7) is 2.44. The molecule has 0 saturated carbocycles. The Labute approximate surface area is 93.9 Å². The maximum absolute atomic E-state index is 12.2. The lowest BCUT2D eigenvalue weighted by Gasteiger charge is -2.40. The molecule has 2 N–H and O–H groups in total. The number of aromatic hydroxyl groups is 1. The molecule has 1 aromatic carbocycles. The molecule has 4 heteroatoms. The van der Waals surface area contributed by atoms with Crippen molar-refractivity contribution in [2.75, 3.05) is 19.6 Å². The second-order valence-electron chi connectivity index (χ2n) is 4.36. The highest BCUT2D eigenvalue weighted by Crippen LogP contribution is 2.30. The van der Waals surface area contributed by atoms with Gasteiger partial charge in [0.1, 0.15) is 5.75 Å². The summed E-state index contributed by atoms with van der Waals surface area (Å²) in [4.78, 5) is 14.1. The van der Waals surface area contributed by atoms with Gasteiger partial charge in [0.15, 0.2) is 0 Å². The topological polar surface area (TPSA) is 52.6 Å². The van der Waals surface area contributed by atoms with E-state index in [-0.39, 0.29) is 17.7 Å². The number of hydrogen-bond donors (Lipinski definition) is 2. The minimum atomic E-state index is 0.0589. The first-order chi connectivity index (χ1) is 7.77. The largest absolute Gasteiger partial charge is 0.508 e. The number of piperazine rings is 1. The van der Waals surface area contributed by atoms with Crippen LogP contribution in [0.2, 0.25) is 0 Å². The molecule has 0 bridgehead atoms. The Bertz CT molecular complexity index is 445. The third-order valence-electron chi connectivity index (χ3n) is 3.43. The summed E-state index contributed by atoms with van der Waals surface area (Å²) in [5.74, 6) is 0.305. The smallest absolute Gasteiger partial charge is 0.254 e. The Morgan fingerprint density at radius 2 is 2.31 bits per heavy atom. The van der Waals surface area contributed by atoms with Gasteiger partial charge in [0.05, 0.1) is 0 Å². The quantitative estimate of drug-likeness (QED) is 0.661. The fraction of sp³-hybridized carbons (Fsp3) is 0.417. The van der Waals surface area contributed by atoms with Gasteiger partial charge in [0.25, 0.3) is 5.91 Å². The number of amides is 1. The average molecular weight is 218 g/mol. The van der Waals surface area contributed by atoms with Gasteiger partial charge in [-0.25, -0.2) is 0 Å². The van der Waals surface area contributed by atoms with Gasteiger partial charge >= 0.3 is 0 Å². The molecular weight excluding hydrogens is 204 g/mol. The molecule has 4 nitrogen and oxygen atoms in total. The molecular formula is C12H14N2O2. The monoisotopic (exact) mass is 218 g/mol. The second kappa shape index (κ2) is 3.49. The van der Waals surface area contributed by atoms with Crippen LogP contribution in [0.1, 0.15) is 15.9 Å². The van der Waals surface area contributed by atoms with E-state index in [1.54, 1.807) is 18.2 Å². The van der Waals surface area contributed by atoms with Crippen molar-refractivity contribution in [1.82, 2.24) is 10.2 Å². The average Bonchev–Trinajstić information content (AvgIpc) is 2.31. The van der Waals surface area contributed by atoms with E-state index < -0.39 is 0 Å². The van der Waals surface area contributed by atoms with Gasteiger partial charge in [-0.15, -0.1) is 0 Å². The van der Waals surface area contributed by atoms with E-state index in [1.165, 1.54) is 0 Å². The molecule has 1 amide bonds. The molecule has 3 rings (SSSR count). The molecule has 84 valence electrons. The number of phenols is 1. The Morgan fingerprint density at radius 1 is 1.44 bits per heavy atom. The van der Waals surface area contributed by atoms with Gasteiger partial charge in [-0.1, -0.05) is 6.07 Å². The lowest BCUT2D eigenvalue weighted by molar-refractivity contribution is 0.0604. The highest BCUT2D eigenvalue weighted by atomic mass is 16.3. The van der Waals surface area contributed by atoms with Gasteiger partial charge in [0, 0.05) is 36.8 Å². The Hall–Kier alpha value is -1.55. The minimum Gasteiger partial charge on any atom is -0.508 e. The summed E-state index contributed by atoms with van der Waals surface area (Å²) >= 11 is 0. The van der Waals surface area contributed by atoms with Crippen molar-refractivity contribution in [3.63, 3.8) is 0 Å². The summed E-state index contributed by atoms with van der Waals surface area (Å²) in [5.41, 5.74) is 1.47. The van der Waals surface area contributed by atoms with Gasteiger partial charge in [-0.3, -0.25) is 4.79 Å². The van der Waals surface area contributed by atoms with Crippen LogP contribution < -0.4 is 5.32 Å². The number of nitrogens with one attached hydrogen (secondary N) is 1. The van der Waals surface area contributed by atoms with Crippen molar-refractivity contribution >= 4 is 5.91 Å². The highest BCUT2D eigenvalue weighted by Gasteiger charge is 2.34. The second-order valence-corrected chi connectivity index (χ2v) is 4.36. The third kappa shape index (κ3) is 1.30. The predicted octanol–water partition coefficient (Wildman–Crippen LogP) is 0.362. The zero-order chi connectivity index (χ0) is 11.1. The summed E-state index contributed by atoms with van der Waals surface area (Å²) in [5, 5.41) is 13.1. The van der Waals surface area contributed by atoms with Gasteiger partial charge in [-0.2, -0.15) is 0 Å². The summed E-state index contributed by atoms with van der Waals surface area (Å²) < 4.78 is 0. The van der Waals surface area contributed by atoms with Crippen LogP contribution in [-0.4, -0.2) is 41.6 Å². The van der Waals surface area contributed by atoms with E-state index in [1.807, 2.05) is 4.90 Å². The lowest BCUT2D eigenvalue weighted by Crippen LogP contribution is -2.56. The molecule has 2 aliphatic heterocycles.